The quantitative estimate of drug-likeness (QED) is 0.340. The molecule has 4 aromatic carbocycles. The van der Waals surface area contributed by atoms with Crippen LogP contribution in [0.1, 0.15) is 5.56 Å². The van der Waals surface area contributed by atoms with Crippen molar-refractivity contribution < 1.29 is 4.74 Å². The Bertz CT molecular complexity index is 1320. The standard InChI is InChI=1S/C26H20N2O/c1-17-7-9-18(10-8-17)25-26(19-11-13-22(29-2)14-12-19)28-24-16-21-6-4-3-5-20(21)15-23(24)27-25/h3-16H,1-2H3. The summed E-state index contributed by atoms with van der Waals surface area (Å²) >= 11 is 0. The number of benzene rings is 4. The summed E-state index contributed by atoms with van der Waals surface area (Å²) < 4.78 is 5.32. The summed E-state index contributed by atoms with van der Waals surface area (Å²) in [5, 5.41) is 2.33. The first-order chi connectivity index (χ1) is 14.2. The molecule has 140 valence electrons. The van der Waals surface area contributed by atoms with Crippen molar-refractivity contribution in [2.75, 3.05) is 7.11 Å². The third kappa shape index (κ3) is 3.21. The van der Waals surface area contributed by atoms with Gasteiger partial charge < -0.3 is 4.74 Å². The van der Waals surface area contributed by atoms with Crippen LogP contribution in [0.3, 0.4) is 0 Å². The minimum atomic E-state index is 0.824. The molecule has 0 aliphatic carbocycles. The highest BCUT2D eigenvalue weighted by molar-refractivity contribution is 5.97. The lowest BCUT2D eigenvalue weighted by Crippen LogP contribution is -1.96. The van der Waals surface area contributed by atoms with E-state index in [0.29, 0.717) is 0 Å². The molecule has 3 heteroatoms. The number of hydrogen-bond acceptors (Lipinski definition) is 3. The third-order valence-corrected chi connectivity index (χ3v) is 5.22. The molecule has 0 fully saturated rings. The average Bonchev–Trinajstić information content (AvgIpc) is 2.77. The molecule has 0 aliphatic rings. The fourth-order valence-electron chi connectivity index (χ4n) is 3.61. The highest BCUT2D eigenvalue weighted by atomic mass is 16.5. The third-order valence-electron chi connectivity index (χ3n) is 5.22. The Hall–Kier alpha value is -3.72. The highest BCUT2D eigenvalue weighted by Crippen LogP contribution is 2.33. The summed E-state index contributed by atoms with van der Waals surface area (Å²) in [6.07, 6.45) is 0. The zero-order chi connectivity index (χ0) is 19.8. The van der Waals surface area contributed by atoms with Gasteiger partial charge in [-0.05, 0) is 54.1 Å². The van der Waals surface area contributed by atoms with Crippen molar-refractivity contribution in [2.45, 2.75) is 6.92 Å². The summed E-state index contributed by atoms with van der Waals surface area (Å²) in [7, 11) is 1.67. The van der Waals surface area contributed by atoms with Crippen LogP contribution in [0.5, 0.6) is 5.75 Å². The van der Waals surface area contributed by atoms with Gasteiger partial charge in [-0.25, -0.2) is 9.97 Å². The maximum absolute atomic E-state index is 5.32. The van der Waals surface area contributed by atoms with Crippen LogP contribution in [-0.2, 0) is 0 Å². The van der Waals surface area contributed by atoms with Gasteiger partial charge in [0.05, 0.1) is 29.5 Å². The number of ether oxygens (including phenoxy) is 1. The molecule has 0 amide bonds. The van der Waals surface area contributed by atoms with Crippen LogP contribution in [0.15, 0.2) is 84.9 Å². The zero-order valence-corrected chi connectivity index (χ0v) is 16.4. The van der Waals surface area contributed by atoms with Crippen LogP contribution >= 0.6 is 0 Å². The van der Waals surface area contributed by atoms with Crippen LogP contribution in [0.4, 0.5) is 0 Å². The van der Waals surface area contributed by atoms with Gasteiger partial charge >= 0.3 is 0 Å². The molecular weight excluding hydrogens is 356 g/mol. The Kier molecular flexibility index (Phi) is 4.21. The van der Waals surface area contributed by atoms with E-state index in [-0.39, 0.29) is 0 Å². The molecule has 0 atom stereocenters. The Morgan fingerprint density at radius 1 is 0.621 bits per heavy atom. The fourth-order valence-corrected chi connectivity index (χ4v) is 3.61. The minimum Gasteiger partial charge on any atom is -0.497 e. The van der Waals surface area contributed by atoms with E-state index in [1.165, 1.54) is 10.9 Å². The molecule has 0 aliphatic heterocycles. The van der Waals surface area contributed by atoms with Crippen LogP contribution in [0.2, 0.25) is 0 Å². The Labute approximate surface area is 169 Å². The number of fused-ring (bicyclic) bond motifs is 2. The molecule has 1 aromatic heterocycles. The maximum atomic E-state index is 5.32. The first-order valence-electron chi connectivity index (χ1n) is 9.63. The SMILES string of the molecule is COc1ccc(-c2nc3cc4ccccc4cc3nc2-c2ccc(C)cc2)cc1. The molecule has 5 aromatic rings. The van der Waals surface area contributed by atoms with Gasteiger partial charge in [0.15, 0.2) is 0 Å². The van der Waals surface area contributed by atoms with E-state index in [2.05, 4.69) is 55.5 Å². The second-order valence-electron chi connectivity index (χ2n) is 7.20. The van der Waals surface area contributed by atoms with E-state index >= 15 is 0 Å². The molecular formula is C26H20N2O. The van der Waals surface area contributed by atoms with Crippen molar-refractivity contribution in [3.63, 3.8) is 0 Å². The molecule has 0 spiro atoms. The van der Waals surface area contributed by atoms with E-state index in [4.69, 9.17) is 14.7 Å². The molecule has 5 rings (SSSR count). The first kappa shape index (κ1) is 17.4. The number of hydrogen-bond donors (Lipinski definition) is 0. The van der Waals surface area contributed by atoms with Crippen LogP contribution < -0.4 is 4.74 Å². The lowest BCUT2D eigenvalue weighted by atomic mass is 10.0. The molecule has 0 saturated heterocycles. The van der Waals surface area contributed by atoms with E-state index in [1.54, 1.807) is 7.11 Å². The largest absolute Gasteiger partial charge is 0.497 e. The van der Waals surface area contributed by atoms with Gasteiger partial charge in [0.25, 0.3) is 0 Å². The van der Waals surface area contributed by atoms with Crippen molar-refractivity contribution >= 4 is 21.8 Å². The molecule has 0 radical (unpaired) electrons. The van der Waals surface area contributed by atoms with Crippen molar-refractivity contribution in [1.29, 1.82) is 0 Å². The van der Waals surface area contributed by atoms with Crippen LogP contribution in [0.25, 0.3) is 44.3 Å². The van der Waals surface area contributed by atoms with Crippen molar-refractivity contribution in [2.24, 2.45) is 0 Å². The maximum Gasteiger partial charge on any atom is 0.118 e. The van der Waals surface area contributed by atoms with E-state index in [9.17, 15) is 0 Å². The number of nitrogens with zero attached hydrogens (tertiary/aromatic N) is 2. The Morgan fingerprint density at radius 2 is 1.10 bits per heavy atom. The van der Waals surface area contributed by atoms with Crippen LogP contribution in [-0.4, -0.2) is 17.1 Å². The van der Waals surface area contributed by atoms with Gasteiger partial charge in [0.2, 0.25) is 0 Å². The number of methoxy groups -OCH3 is 1. The van der Waals surface area contributed by atoms with Gasteiger partial charge in [-0.15, -0.1) is 0 Å². The topological polar surface area (TPSA) is 35.0 Å². The summed E-state index contributed by atoms with van der Waals surface area (Å²) in [5.74, 6) is 0.824. The minimum absolute atomic E-state index is 0.824. The normalized spacial score (nSPS) is 11.1. The Morgan fingerprint density at radius 3 is 1.59 bits per heavy atom. The second-order valence-corrected chi connectivity index (χ2v) is 7.20. The predicted octanol–water partition coefficient (Wildman–Crippen LogP) is 6.43. The molecule has 0 unspecified atom stereocenters. The lowest BCUT2D eigenvalue weighted by molar-refractivity contribution is 0.415. The molecule has 0 saturated carbocycles. The van der Waals surface area contributed by atoms with Crippen molar-refractivity contribution in [3.8, 4) is 28.3 Å². The van der Waals surface area contributed by atoms with Crippen LogP contribution in [0, 0.1) is 6.92 Å². The molecule has 0 bridgehead atoms. The van der Waals surface area contributed by atoms with E-state index < -0.39 is 0 Å². The summed E-state index contributed by atoms with van der Waals surface area (Å²) in [4.78, 5) is 10.1. The molecule has 29 heavy (non-hydrogen) atoms. The van der Waals surface area contributed by atoms with Gasteiger partial charge in [0, 0.05) is 11.1 Å². The van der Waals surface area contributed by atoms with Gasteiger partial charge in [0.1, 0.15) is 5.75 Å². The van der Waals surface area contributed by atoms with E-state index in [0.717, 1.165) is 44.7 Å². The fraction of sp³-hybridized carbons (Fsp3) is 0.0769. The summed E-state index contributed by atoms with van der Waals surface area (Å²) in [6.45, 7) is 2.09. The summed E-state index contributed by atoms with van der Waals surface area (Å²) in [6, 6.07) is 29.0. The zero-order valence-electron chi connectivity index (χ0n) is 16.4. The number of aryl methyl sites for hydroxylation is 1. The lowest BCUT2D eigenvalue weighted by Gasteiger charge is -2.12. The van der Waals surface area contributed by atoms with Gasteiger partial charge in [-0.2, -0.15) is 0 Å². The molecule has 1 heterocycles. The molecule has 0 N–H and O–H groups in total. The average molecular weight is 376 g/mol. The highest BCUT2D eigenvalue weighted by Gasteiger charge is 2.14. The predicted molar refractivity (Wildman–Crippen MR) is 119 cm³/mol. The first-order valence-corrected chi connectivity index (χ1v) is 9.63. The second kappa shape index (κ2) is 7.02. The number of rotatable bonds is 3. The monoisotopic (exact) mass is 376 g/mol. The molecule has 3 nitrogen and oxygen atoms in total. The van der Waals surface area contributed by atoms with Crippen molar-refractivity contribution in [1.82, 2.24) is 9.97 Å². The van der Waals surface area contributed by atoms with Gasteiger partial charge in [-0.3, -0.25) is 0 Å². The number of aromatic nitrogens is 2. The van der Waals surface area contributed by atoms with E-state index in [1.807, 2.05) is 36.4 Å². The van der Waals surface area contributed by atoms with Crippen molar-refractivity contribution in [3.05, 3.63) is 90.5 Å². The summed E-state index contributed by atoms with van der Waals surface area (Å²) in [5.41, 5.74) is 6.85. The van der Waals surface area contributed by atoms with Gasteiger partial charge in [-0.1, -0.05) is 54.1 Å². The smallest absolute Gasteiger partial charge is 0.118 e. The Balaban J connectivity index is 1.79.